The van der Waals surface area contributed by atoms with Gasteiger partial charge in [0.15, 0.2) is 5.65 Å². The topological polar surface area (TPSA) is 30.2 Å². The van der Waals surface area contributed by atoms with Gasteiger partial charge in [-0.05, 0) is 48.2 Å². The number of pyridine rings is 1. The largest absolute Gasteiger partial charge is 0.299 e. The van der Waals surface area contributed by atoms with Gasteiger partial charge in [-0.25, -0.2) is 9.97 Å². The first-order valence-corrected chi connectivity index (χ1v) is 8.27. The SMILES string of the molecule is C1=CC2CCC1c1cn3c(ccc4nc5ccccc5nc43)c12. The molecule has 3 aromatic heterocycles. The van der Waals surface area contributed by atoms with E-state index in [1.807, 2.05) is 24.3 Å². The van der Waals surface area contributed by atoms with Crippen LogP contribution in [0, 0.1) is 0 Å². The van der Waals surface area contributed by atoms with E-state index in [4.69, 9.17) is 9.97 Å². The fraction of sp³-hybridized carbons (Fsp3) is 0.200. The molecule has 2 atom stereocenters. The third-order valence-corrected chi connectivity index (χ3v) is 5.45. The molecule has 0 saturated heterocycles. The van der Waals surface area contributed by atoms with Crippen LogP contribution < -0.4 is 0 Å². The van der Waals surface area contributed by atoms with Gasteiger partial charge >= 0.3 is 0 Å². The summed E-state index contributed by atoms with van der Waals surface area (Å²) in [6.07, 6.45) is 9.63. The highest BCUT2D eigenvalue weighted by Crippen LogP contribution is 2.47. The highest BCUT2D eigenvalue weighted by Gasteiger charge is 2.32. The van der Waals surface area contributed by atoms with Gasteiger partial charge in [-0.1, -0.05) is 24.3 Å². The average molecular weight is 297 g/mol. The van der Waals surface area contributed by atoms with Crippen molar-refractivity contribution in [2.75, 3.05) is 0 Å². The minimum absolute atomic E-state index is 0.575. The second kappa shape index (κ2) is 3.99. The predicted molar refractivity (Wildman–Crippen MR) is 91.9 cm³/mol. The summed E-state index contributed by atoms with van der Waals surface area (Å²) >= 11 is 0. The van der Waals surface area contributed by atoms with E-state index >= 15 is 0 Å². The molecular weight excluding hydrogens is 282 g/mol. The Morgan fingerprint density at radius 1 is 0.826 bits per heavy atom. The Balaban J connectivity index is 1.77. The molecule has 0 N–H and O–H groups in total. The normalized spacial score (nSPS) is 22.3. The Labute approximate surface area is 133 Å². The van der Waals surface area contributed by atoms with Crippen molar-refractivity contribution in [1.29, 1.82) is 0 Å². The van der Waals surface area contributed by atoms with Crippen LogP contribution in [0.1, 0.15) is 35.8 Å². The summed E-state index contributed by atoms with van der Waals surface area (Å²) in [7, 11) is 0. The van der Waals surface area contributed by atoms with Crippen LogP contribution in [0.3, 0.4) is 0 Å². The van der Waals surface area contributed by atoms with Crippen LogP contribution in [0.2, 0.25) is 0 Å². The fourth-order valence-corrected chi connectivity index (χ4v) is 4.37. The molecule has 110 valence electrons. The van der Waals surface area contributed by atoms with Crippen molar-refractivity contribution in [3.8, 4) is 0 Å². The molecule has 2 bridgehead atoms. The number of para-hydroxylation sites is 2. The molecule has 1 aromatic carbocycles. The summed E-state index contributed by atoms with van der Waals surface area (Å²) in [4.78, 5) is 9.69. The smallest absolute Gasteiger partial charge is 0.163 e. The fourth-order valence-electron chi connectivity index (χ4n) is 4.37. The Morgan fingerprint density at radius 3 is 2.43 bits per heavy atom. The number of aromatic nitrogens is 3. The molecule has 3 heterocycles. The van der Waals surface area contributed by atoms with Gasteiger partial charge in [-0.2, -0.15) is 0 Å². The van der Waals surface area contributed by atoms with Crippen molar-refractivity contribution in [2.45, 2.75) is 24.7 Å². The quantitative estimate of drug-likeness (QED) is 0.351. The van der Waals surface area contributed by atoms with E-state index in [1.54, 1.807) is 0 Å². The summed E-state index contributed by atoms with van der Waals surface area (Å²) in [6.45, 7) is 0. The molecule has 3 aliphatic carbocycles. The molecule has 7 rings (SSSR count). The van der Waals surface area contributed by atoms with Gasteiger partial charge in [0.05, 0.1) is 16.6 Å². The van der Waals surface area contributed by atoms with Gasteiger partial charge < -0.3 is 0 Å². The second-order valence-electron chi connectivity index (χ2n) is 6.68. The lowest BCUT2D eigenvalue weighted by atomic mass is 9.73. The zero-order valence-electron chi connectivity index (χ0n) is 12.6. The number of allylic oxidation sites excluding steroid dienone is 2. The maximum Gasteiger partial charge on any atom is 0.163 e. The van der Waals surface area contributed by atoms with Gasteiger partial charge in [0.1, 0.15) is 5.52 Å². The Kier molecular flexibility index (Phi) is 2.05. The van der Waals surface area contributed by atoms with Crippen LogP contribution in [0.25, 0.3) is 27.7 Å². The molecule has 4 aromatic rings. The zero-order valence-corrected chi connectivity index (χ0v) is 12.6. The Bertz CT molecular complexity index is 1140. The van der Waals surface area contributed by atoms with Gasteiger partial charge in [-0.3, -0.25) is 4.40 Å². The first-order valence-electron chi connectivity index (χ1n) is 8.27. The van der Waals surface area contributed by atoms with E-state index in [-0.39, 0.29) is 0 Å². The molecule has 0 aliphatic heterocycles. The van der Waals surface area contributed by atoms with Gasteiger partial charge in [0.25, 0.3) is 0 Å². The van der Waals surface area contributed by atoms with Crippen LogP contribution in [0.5, 0.6) is 0 Å². The minimum atomic E-state index is 0.575. The van der Waals surface area contributed by atoms with E-state index in [0.29, 0.717) is 11.8 Å². The van der Waals surface area contributed by atoms with Crippen LogP contribution in [-0.4, -0.2) is 14.4 Å². The van der Waals surface area contributed by atoms with E-state index in [9.17, 15) is 0 Å². The number of fused-ring (bicyclic) bond motifs is 5. The Morgan fingerprint density at radius 2 is 1.61 bits per heavy atom. The lowest BCUT2D eigenvalue weighted by Gasteiger charge is -2.30. The molecule has 3 heteroatoms. The molecule has 0 spiro atoms. The molecule has 2 unspecified atom stereocenters. The second-order valence-corrected chi connectivity index (χ2v) is 6.68. The summed E-state index contributed by atoms with van der Waals surface area (Å²) in [5, 5.41) is 0. The highest BCUT2D eigenvalue weighted by atomic mass is 15.0. The molecule has 3 aliphatic rings. The molecule has 0 saturated carbocycles. The van der Waals surface area contributed by atoms with Crippen molar-refractivity contribution < 1.29 is 0 Å². The monoisotopic (exact) mass is 297 g/mol. The van der Waals surface area contributed by atoms with Crippen LogP contribution in [0.4, 0.5) is 0 Å². The third-order valence-electron chi connectivity index (χ3n) is 5.45. The summed E-state index contributed by atoms with van der Waals surface area (Å²) in [5.74, 6) is 1.16. The maximum atomic E-state index is 4.90. The standard InChI is InChI=1S/C20H15N3/c1-2-4-16-15(3-1)21-17-9-10-18-19-13-7-5-12(6-8-13)14(19)11-23(18)20(17)22-16/h1-5,7,9-13H,6,8H2. The first kappa shape index (κ1) is 11.8. The molecule has 0 amide bonds. The van der Waals surface area contributed by atoms with Gasteiger partial charge in [0.2, 0.25) is 0 Å². The van der Waals surface area contributed by atoms with Crippen LogP contribution >= 0.6 is 0 Å². The van der Waals surface area contributed by atoms with Crippen molar-refractivity contribution in [3.63, 3.8) is 0 Å². The van der Waals surface area contributed by atoms with Crippen molar-refractivity contribution >= 4 is 27.7 Å². The zero-order chi connectivity index (χ0) is 15.0. The minimum Gasteiger partial charge on any atom is -0.299 e. The van der Waals surface area contributed by atoms with Crippen molar-refractivity contribution in [1.82, 2.24) is 14.4 Å². The lowest BCUT2D eigenvalue weighted by molar-refractivity contribution is 0.559. The van der Waals surface area contributed by atoms with E-state index < -0.39 is 0 Å². The molecule has 0 fully saturated rings. The highest BCUT2D eigenvalue weighted by molar-refractivity contribution is 5.87. The number of nitrogens with zero attached hydrogens (tertiary/aromatic N) is 3. The molecule has 3 nitrogen and oxygen atoms in total. The summed E-state index contributed by atoms with van der Waals surface area (Å²) in [5.41, 5.74) is 8.15. The van der Waals surface area contributed by atoms with Crippen molar-refractivity contribution in [2.24, 2.45) is 0 Å². The van der Waals surface area contributed by atoms with E-state index in [1.165, 1.54) is 29.5 Å². The van der Waals surface area contributed by atoms with E-state index in [2.05, 4.69) is 34.9 Å². The summed E-state index contributed by atoms with van der Waals surface area (Å²) in [6, 6.07) is 12.4. The summed E-state index contributed by atoms with van der Waals surface area (Å²) < 4.78 is 2.26. The van der Waals surface area contributed by atoms with Crippen LogP contribution in [0.15, 0.2) is 54.7 Å². The van der Waals surface area contributed by atoms with Gasteiger partial charge in [-0.15, -0.1) is 0 Å². The molecule has 23 heavy (non-hydrogen) atoms. The lowest BCUT2D eigenvalue weighted by Crippen LogP contribution is -2.14. The number of hydrogen-bond donors (Lipinski definition) is 0. The third kappa shape index (κ3) is 1.45. The molecule has 0 radical (unpaired) electrons. The average Bonchev–Trinajstić information content (AvgIpc) is 3.03. The maximum absolute atomic E-state index is 4.90. The first-order chi connectivity index (χ1) is 11.4. The Hall–Kier alpha value is -2.68. The van der Waals surface area contributed by atoms with Gasteiger partial charge in [0, 0.05) is 18.0 Å². The number of rotatable bonds is 0. The van der Waals surface area contributed by atoms with E-state index in [0.717, 1.165) is 22.2 Å². The van der Waals surface area contributed by atoms with Crippen LogP contribution in [-0.2, 0) is 0 Å². The number of benzene rings is 1. The van der Waals surface area contributed by atoms with Crippen molar-refractivity contribution in [3.05, 3.63) is 65.9 Å². The predicted octanol–water partition coefficient (Wildman–Crippen LogP) is 4.57. The number of hydrogen-bond acceptors (Lipinski definition) is 2. The molecular formula is C20H15N3.